The number of benzene rings is 5. The molecule has 196 valence electrons. The van der Waals surface area contributed by atoms with E-state index >= 15 is 0 Å². The van der Waals surface area contributed by atoms with E-state index in [2.05, 4.69) is 16.7 Å². The Morgan fingerprint density at radius 2 is 1.17 bits per heavy atom. The topological polar surface area (TPSA) is 65.4 Å². The summed E-state index contributed by atoms with van der Waals surface area (Å²) in [5.41, 5.74) is 6.29. The van der Waals surface area contributed by atoms with E-state index in [4.69, 9.17) is 4.74 Å². The number of hydrogen-bond donors (Lipinski definition) is 0. The standard InChI is InChI=1S/C37H19NO4/c39-35-23-11-2-1-10-22(23)32(33-36(40)24-12-3-4-13-25(24)37(33)41)27(35)18-20-17-26-21-9-5-6-14-28(21)38-29-15-7-8-16-30(29)42-31(19-20)34(26)38/h1-19H/b27-18-. The molecule has 1 aliphatic heterocycles. The van der Waals surface area contributed by atoms with Crippen LogP contribution in [0, 0.1) is 0 Å². The summed E-state index contributed by atoms with van der Waals surface area (Å²) in [5.74, 6) is 0.493. The Morgan fingerprint density at radius 1 is 0.548 bits per heavy atom. The lowest BCUT2D eigenvalue weighted by atomic mass is 9.94. The van der Waals surface area contributed by atoms with Crippen LogP contribution in [-0.2, 0) is 0 Å². The molecule has 0 saturated heterocycles. The van der Waals surface area contributed by atoms with E-state index in [0.717, 1.165) is 38.8 Å². The molecule has 2 aliphatic carbocycles. The molecule has 0 bridgehead atoms. The number of ketones is 3. The number of ether oxygens (including phenoxy) is 1. The van der Waals surface area contributed by atoms with Crippen LogP contribution < -0.4 is 4.74 Å². The summed E-state index contributed by atoms with van der Waals surface area (Å²) in [6.07, 6.45) is 1.79. The molecule has 5 aromatic carbocycles. The lowest BCUT2D eigenvalue weighted by molar-refractivity contribution is 0.0989. The number of aromatic nitrogens is 1. The van der Waals surface area contributed by atoms with Gasteiger partial charge in [0.1, 0.15) is 0 Å². The van der Waals surface area contributed by atoms with Gasteiger partial charge in [0.2, 0.25) is 0 Å². The Labute approximate surface area is 239 Å². The van der Waals surface area contributed by atoms with Gasteiger partial charge in [-0.2, -0.15) is 0 Å². The first-order valence-electron chi connectivity index (χ1n) is 13.7. The molecular weight excluding hydrogens is 522 g/mol. The van der Waals surface area contributed by atoms with Crippen LogP contribution in [0.25, 0.3) is 39.1 Å². The summed E-state index contributed by atoms with van der Waals surface area (Å²) in [5, 5.41) is 2.05. The van der Waals surface area contributed by atoms with E-state index in [0.29, 0.717) is 39.1 Å². The highest BCUT2D eigenvalue weighted by Gasteiger charge is 2.41. The SMILES string of the molecule is O=C1C(=C2/C(=C/c3cc4c5c(c3)c3ccccc3n5-c3ccccc3O4)C(=O)c3ccccc32)C(=O)c2ccccc21. The Morgan fingerprint density at radius 3 is 1.93 bits per heavy atom. The second-order valence-electron chi connectivity index (χ2n) is 10.7. The summed E-state index contributed by atoms with van der Waals surface area (Å²) >= 11 is 0. The van der Waals surface area contributed by atoms with Crippen molar-refractivity contribution in [2.24, 2.45) is 0 Å². The lowest BCUT2D eigenvalue weighted by Gasteiger charge is -2.21. The van der Waals surface area contributed by atoms with Gasteiger partial charge in [0.25, 0.3) is 0 Å². The van der Waals surface area contributed by atoms with Crippen molar-refractivity contribution < 1.29 is 19.1 Å². The van der Waals surface area contributed by atoms with Crippen molar-refractivity contribution in [2.75, 3.05) is 0 Å². The summed E-state index contributed by atoms with van der Waals surface area (Å²) in [6, 6.07) is 34.1. The van der Waals surface area contributed by atoms with E-state index in [1.807, 2.05) is 54.6 Å². The van der Waals surface area contributed by atoms with Crippen molar-refractivity contribution in [1.82, 2.24) is 4.57 Å². The Kier molecular flexibility index (Phi) is 4.44. The first-order chi connectivity index (χ1) is 20.6. The van der Waals surface area contributed by atoms with E-state index in [1.54, 1.807) is 48.5 Å². The summed E-state index contributed by atoms with van der Waals surface area (Å²) in [4.78, 5) is 41.1. The third-order valence-corrected chi connectivity index (χ3v) is 8.47. The van der Waals surface area contributed by atoms with E-state index in [9.17, 15) is 14.4 Å². The minimum absolute atomic E-state index is 0.0462. The van der Waals surface area contributed by atoms with Crippen molar-refractivity contribution in [2.45, 2.75) is 0 Å². The maximum Gasteiger partial charge on any atom is 0.198 e. The third kappa shape index (κ3) is 2.89. The maximum atomic E-state index is 13.9. The minimum atomic E-state index is -0.352. The quantitative estimate of drug-likeness (QED) is 0.156. The largest absolute Gasteiger partial charge is 0.453 e. The van der Waals surface area contributed by atoms with Crippen LogP contribution in [0.4, 0.5) is 0 Å². The van der Waals surface area contributed by atoms with E-state index < -0.39 is 0 Å². The second-order valence-corrected chi connectivity index (χ2v) is 10.7. The number of fused-ring (bicyclic) bond motifs is 7. The Hall–Kier alpha value is -5.81. The van der Waals surface area contributed by atoms with Crippen molar-refractivity contribution in [3.05, 3.63) is 148 Å². The highest BCUT2D eigenvalue weighted by Crippen LogP contribution is 2.47. The fourth-order valence-electron chi connectivity index (χ4n) is 6.70. The van der Waals surface area contributed by atoms with Gasteiger partial charge in [-0.1, -0.05) is 78.9 Å². The lowest BCUT2D eigenvalue weighted by Crippen LogP contribution is -2.06. The molecule has 0 radical (unpaired) electrons. The Balaban J connectivity index is 1.32. The van der Waals surface area contributed by atoms with Crippen LogP contribution in [0.15, 0.2) is 120 Å². The first-order valence-corrected chi connectivity index (χ1v) is 13.7. The predicted octanol–water partition coefficient (Wildman–Crippen LogP) is 8.00. The number of rotatable bonds is 1. The van der Waals surface area contributed by atoms with Crippen LogP contribution in [0.3, 0.4) is 0 Å². The fourth-order valence-corrected chi connectivity index (χ4v) is 6.70. The van der Waals surface area contributed by atoms with Gasteiger partial charge >= 0.3 is 0 Å². The van der Waals surface area contributed by atoms with Gasteiger partial charge in [-0.05, 0) is 47.5 Å². The number of Topliss-reactive ketones (excluding diaryl/α,β-unsaturated/α-hetero) is 3. The average Bonchev–Trinajstić information content (AvgIpc) is 3.59. The van der Waals surface area contributed by atoms with E-state index in [1.165, 1.54) is 0 Å². The monoisotopic (exact) mass is 541 g/mol. The van der Waals surface area contributed by atoms with E-state index in [-0.39, 0.29) is 22.9 Å². The number of para-hydroxylation sites is 3. The number of carbonyl (C=O) groups is 3. The van der Waals surface area contributed by atoms with Crippen molar-refractivity contribution in [1.29, 1.82) is 0 Å². The molecule has 5 heteroatoms. The summed E-state index contributed by atoms with van der Waals surface area (Å²) in [6.45, 7) is 0. The number of nitrogens with zero attached hydrogens (tertiary/aromatic N) is 1. The van der Waals surface area contributed by atoms with Crippen LogP contribution in [-0.4, -0.2) is 21.9 Å². The molecule has 0 saturated carbocycles. The molecule has 42 heavy (non-hydrogen) atoms. The molecule has 3 aliphatic rings. The molecular formula is C37H19NO4. The molecule has 0 spiro atoms. The molecule has 0 atom stereocenters. The minimum Gasteiger partial charge on any atom is -0.453 e. The van der Waals surface area contributed by atoms with Gasteiger partial charge in [-0.25, -0.2) is 0 Å². The number of allylic oxidation sites excluding steroid dienone is 3. The molecule has 0 fully saturated rings. The van der Waals surface area contributed by atoms with Crippen molar-refractivity contribution in [3.63, 3.8) is 0 Å². The molecule has 9 rings (SSSR count). The van der Waals surface area contributed by atoms with Gasteiger partial charge in [0, 0.05) is 38.6 Å². The third-order valence-electron chi connectivity index (χ3n) is 8.47. The maximum absolute atomic E-state index is 13.9. The molecule has 5 nitrogen and oxygen atoms in total. The van der Waals surface area contributed by atoms with Crippen molar-refractivity contribution >= 4 is 50.8 Å². The normalized spacial score (nSPS) is 15.9. The van der Waals surface area contributed by atoms with Crippen LogP contribution in [0.5, 0.6) is 11.5 Å². The smallest absolute Gasteiger partial charge is 0.198 e. The highest BCUT2D eigenvalue weighted by molar-refractivity contribution is 6.46. The summed E-state index contributed by atoms with van der Waals surface area (Å²) in [7, 11) is 0. The summed E-state index contributed by atoms with van der Waals surface area (Å²) < 4.78 is 8.64. The zero-order valence-corrected chi connectivity index (χ0v) is 22.0. The van der Waals surface area contributed by atoms with Crippen LogP contribution in [0.1, 0.15) is 42.2 Å². The molecule has 0 amide bonds. The van der Waals surface area contributed by atoms with Gasteiger partial charge in [-0.15, -0.1) is 0 Å². The number of carbonyl (C=O) groups excluding carboxylic acids is 3. The number of hydrogen-bond acceptors (Lipinski definition) is 4. The van der Waals surface area contributed by atoms with Gasteiger partial charge < -0.3 is 9.30 Å². The van der Waals surface area contributed by atoms with Gasteiger partial charge in [0.15, 0.2) is 28.8 Å². The zero-order chi connectivity index (χ0) is 28.1. The molecule has 0 unspecified atom stereocenters. The molecule has 1 aromatic heterocycles. The Bertz CT molecular complexity index is 2290. The van der Waals surface area contributed by atoms with Crippen LogP contribution >= 0.6 is 0 Å². The first kappa shape index (κ1) is 22.9. The molecule has 6 aromatic rings. The van der Waals surface area contributed by atoms with Gasteiger partial charge in [-0.3, -0.25) is 14.4 Å². The fraction of sp³-hybridized carbons (Fsp3) is 0. The second kappa shape index (κ2) is 8.12. The average molecular weight is 542 g/mol. The molecule has 2 heterocycles. The van der Waals surface area contributed by atoms with Gasteiger partial charge in [0.05, 0.1) is 22.3 Å². The van der Waals surface area contributed by atoms with Crippen LogP contribution in [0.2, 0.25) is 0 Å². The van der Waals surface area contributed by atoms with Crippen molar-refractivity contribution in [3.8, 4) is 17.2 Å². The predicted molar refractivity (Wildman–Crippen MR) is 162 cm³/mol. The zero-order valence-electron chi connectivity index (χ0n) is 22.0. The molecule has 0 N–H and O–H groups in total. The highest BCUT2D eigenvalue weighted by atomic mass is 16.5.